The average Bonchev–Trinajstić information content (AvgIpc) is 3.35. The van der Waals surface area contributed by atoms with Gasteiger partial charge >= 0.3 is 281 Å². The van der Waals surface area contributed by atoms with Gasteiger partial charge in [-0.25, -0.2) is 0 Å². The number of hydrogen-bond acceptors (Lipinski definition) is 7. The Morgan fingerprint density at radius 2 is 1.37 bits per heavy atom. The fraction of sp³-hybridized carbons (Fsp3) is 0.241. The van der Waals surface area contributed by atoms with E-state index in [1.807, 2.05) is 66.8 Å². The van der Waals surface area contributed by atoms with Gasteiger partial charge in [-0.05, 0) is 36.9 Å². The molecule has 0 saturated carbocycles. The Hall–Kier alpha value is -3.79. The molecule has 0 radical (unpaired) electrons. The average molecular weight is 1190 g/mol. The molecule has 2 heterocycles. The zero-order chi connectivity index (χ0) is 48.8. The second kappa shape index (κ2) is 29.4. The van der Waals surface area contributed by atoms with Crippen LogP contribution in [0.1, 0.15) is 49.9 Å². The Kier molecular flexibility index (Phi) is 23.8. The Labute approximate surface area is 428 Å². The van der Waals surface area contributed by atoms with E-state index >= 15 is 0 Å². The van der Waals surface area contributed by atoms with Gasteiger partial charge < -0.3 is 15.3 Å². The molecule has 0 fully saturated rings. The normalized spacial score (nSPS) is 14.0. The minimum atomic E-state index is -1.31. The molecule has 0 bridgehead atoms. The molecule has 356 valence electrons. The van der Waals surface area contributed by atoms with E-state index < -0.39 is 38.2 Å². The molecule has 0 spiro atoms. The van der Waals surface area contributed by atoms with Crippen molar-refractivity contribution in [1.82, 2.24) is 4.90 Å². The van der Waals surface area contributed by atoms with Crippen molar-refractivity contribution in [2.24, 2.45) is 0 Å². The first-order valence-electron chi connectivity index (χ1n) is 22.9. The summed E-state index contributed by atoms with van der Waals surface area (Å²) in [6.07, 6.45) is 12.0. The molecule has 6 aromatic rings. The van der Waals surface area contributed by atoms with Crippen molar-refractivity contribution in [3.63, 3.8) is 0 Å². The molecular weight excluding hydrogens is 1120 g/mol. The van der Waals surface area contributed by atoms with Crippen LogP contribution in [0.5, 0.6) is 0 Å². The Morgan fingerprint density at radius 3 is 2.04 bits per heavy atom. The molecule has 1 aliphatic rings. The quantitative estimate of drug-likeness (QED) is 0.0365. The Bertz CT molecular complexity index is 2910. The number of likely N-dealkylation sites (N-methyl/N-ethyl adjacent to an activating group) is 1. The van der Waals surface area contributed by atoms with E-state index in [1.165, 1.54) is 54.5 Å². The Morgan fingerprint density at radius 1 is 0.735 bits per heavy atom. The third-order valence-electron chi connectivity index (χ3n) is 11.0. The van der Waals surface area contributed by atoms with Gasteiger partial charge in [0.25, 0.3) is 0 Å². The summed E-state index contributed by atoms with van der Waals surface area (Å²) in [6, 6.07) is 37.1. The summed E-state index contributed by atoms with van der Waals surface area (Å²) >= 11 is 1.01. The second-order valence-corrected chi connectivity index (χ2v) is 30.8. The molecule has 0 aliphatic carbocycles. The molecule has 5 nitrogen and oxygen atoms in total. The van der Waals surface area contributed by atoms with Crippen LogP contribution in [0.2, 0.25) is 18.9 Å². The van der Waals surface area contributed by atoms with Crippen molar-refractivity contribution in [2.45, 2.75) is 69.6 Å². The molecule has 5 aromatic carbocycles. The van der Waals surface area contributed by atoms with Crippen LogP contribution in [0.15, 0.2) is 179 Å². The predicted molar refractivity (Wildman–Crippen MR) is 310 cm³/mol. The van der Waals surface area contributed by atoms with Gasteiger partial charge in [-0.15, -0.1) is 11.3 Å². The van der Waals surface area contributed by atoms with Crippen LogP contribution in [0, 0.1) is 0 Å². The number of hydrogen-bond donors (Lipinski definition) is 3. The van der Waals surface area contributed by atoms with Crippen LogP contribution in [0.3, 0.4) is 0 Å². The number of fused-ring (bicyclic) bond motifs is 4. The summed E-state index contributed by atoms with van der Waals surface area (Å²) < 4.78 is 9.09. The van der Waals surface area contributed by atoms with Crippen LogP contribution in [0.25, 0.3) is 25.7 Å². The van der Waals surface area contributed by atoms with Crippen LogP contribution in [-0.2, 0) is 13.2 Å². The fourth-order valence-electron chi connectivity index (χ4n) is 7.73. The maximum Gasteiger partial charge on any atom is 0.197 e. The summed E-state index contributed by atoms with van der Waals surface area (Å²) in [4.78, 5) is 22.7. The molecule has 0 unspecified atom stereocenters. The summed E-state index contributed by atoms with van der Waals surface area (Å²) in [5.41, 5.74) is 8.11. The number of benzene rings is 5. The third-order valence-corrected chi connectivity index (χ3v) is 23.9. The molecule has 7 rings (SSSR count). The van der Waals surface area contributed by atoms with E-state index in [0.29, 0.717) is 5.39 Å². The largest absolute Gasteiger partial charge is 0.392 e. The Balaban J connectivity index is 0.000000195. The number of aliphatic hydroxyl groups is 2. The number of anilines is 1. The predicted octanol–water partition coefficient (Wildman–Crippen LogP) is 13.1. The van der Waals surface area contributed by atoms with Gasteiger partial charge in [0, 0.05) is 33.6 Å². The second-order valence-electron chi connectivity index (χ2n) is 16.1. The zero-order valence-corrected chi connectivity index (χ0v) is 47.6. The van der Waals surface area contributed by atoms with Gasteiger partial charge in [0.1, 0.15) is 0 Å². The minimum Gasteiger partial charge on any atom is -0.392 e. The van der Waals surface area contributed by atoms with Crippen molar-refractivity contribution >= 4 is 120 Å². The minimum absolute atomic E-state index is 0.0324. The molecular formula is C58H67N2O3PS2Te2. The van der Waals surface area contributed by atoms with E-state index in [0.717, 1.165) is 57.8 Å². The molecule has 3 N–H and O–H groups in total. The topological polar surface area (TPSA) is 72.8 Å². The third kappa shape index (κ3) is 15.9. The monoisotopic (exact) mass is 1180 g/mol. The van der Waals surface area contributed by atoms with Gasteiger partial charge in [0.05, 0.1) is 12.0 Å². The maximum absolute atomic E-state index is 13.1. The molecule has 0 atom stereocenters. The van der Waals surface area contributed by atoms with Crippen LogP contribution in [0.4, 0.5) is 5.69 Å². The summed E-state index contributed by atoms with van der Waals surface area (Å²) in [6.45, 7) is 20.0. The van der Waals surface area contributed by atoms with Gasteiger partial charge in [-0.1, -0.05) is 32.0 Å². The number of allylic oxidation sites excluding steroid dienone is 7. The van der Waals surface area contributed by atoms with Crippen molar-refractivity contribution in [3.05, 3.63) is 197 Å². The number of nitrogens with one attached hydrogen (secondary N) is 1. The zero-order valence-electron chi connectivity index (χ0n) is 40.4. The maximum atomic E-state index is 13.1. The molecule has 10 heteroatoms. The van der Waals surface area contributed by atoms with E-state index in [-0.39, 0.29) is 18.6 Å². The smallest absolute Gasteiger partial charge is 0.197 e. The fourth-order valence-corrected chi connectivity index (χ4v) is 19.7. The van der Waals surface area contributed by atoms with E-state index in [4.69, 9.17) is 0 Å². The molecule has 68 heavy (non-hydrogen) atoms. The standard InChI is InChI=1S/C23H24OSTe.C20H24N2O2S.C15H19PTe/c1-4-5-8-14-26(3)16-17(2)22-19-11-6-7-13-21(19)25-23-18(15-24)10-9-12-20(22)23;1-3-22(4-2)12-11-21-16-10-9-14(13-23)20-18(16)19(24)15-7-5-6-8-17(15)25-20;1-4-5-9-12-17(3)13-14(2)16-15-10-7-6-8-11-15/h4-14,24H,1,15-16H2,2-3H3;5-10,21,23H,3-4,11-13H2,1-2H3;4-12H,1,13H2,2-3H3/b8-5-,22-17-;;9-5-/i26-3;;17-3. The molecule has 0 amide bonds. The van der Waals surface area contributed by atoms with Crippen LogP contribution < -0.4 is 16.1 Å². The number of rotatable bonds is 17. The van der Waals surface area contributed by atoms with Gasteiger partial charge in [0.15, 0.2) is 5.43 Å². The van der Waals surface area contributed by atoms with Gasteiger partial charge in [-0.2, -0.15) is 0 Å². The first-order chi connectivity index (χ1) is 33.1. The van der Waals surface area contributed by atoms with Crippen molar-refractivity contribution in [3.8, 4) is 0 Å². The van der Waals surface area contributed by atoms with Gasteiger partial charge in [-0.3, -0.25) is 4.79 Å². The van der Waals surface area contributed by atoms with E-state index in [9.17, 15) is 15.0 Å². The van der Waals surface area contributed by atoms with Crippen LogP contribution >= 0.6 is 31.3 Å². The SMILES string of the molecule is C=C/C=C\C=[125Te](/C)C/C(C)=C1/c2ccccc2Sc2c(CO)cccc21.C=C/C=C\C=[125Te](/C)CC(C)=Pc1ccccc1.CCN(CC)CCNc1ccc(CO)c2sc3ccccc3c(=O)c12. The van der Waals surface area contributed by atoms with Crippen LogP contribution in [-0.4, -0.2) is 92.8 Å². The van der Waals surface area contributed by atoms with E-state index in [1.54, 1.807) is 28.4 Å². The van der Waals surface area contributed by atoms with Crippen molar-refractivity contribution < 1.29 is 10.2 Å². The summed E-state index contributed by atoms with van der Waals surface area (Å²) in [7, 11) is 1.39. The first-order valence-corrected chi connectivity index (χ1v) is 36.1. The summed E-state index contributed by atoms with van der Waals surface area (Å²) in [5, 5.41) is 27.3. The summed E-state index contributed by atoms with van der Waals surface area (Å²) in [5.74, 6) is 0. The first kappa shape index (κ1) is 55.1. The number of nitrogens with zero attached hydrogens (tertiary/aromatic N) is 1. The van der Waals surface area contributed by atoms with Crippen molar-refractivity contribution in [1.29, 1.82) is 0 Å². The molecule has 0 saturated heterocycles. The van der Waals surface area contributed by atoms with Gasteiger partial charge in [0.2, 0.25) is 0 Å². The molecule has 1 aromatic heterocycles. The van der Waals surface area contributed by atoms with Crippen molar-refractivity contribution in [2.75, 3.05) is 31.5 Å². The van der Waals surface area contributed by atoms with E-state index in [2.05, 4.69) is 148 Å². The molecule has 1 aliphatic heterocycles. The number of aliphatic hydroxyl groups excluding tert-OH is 2.